The fourth-order valence-electron chi connectivity index (χ4n) is 2.22. The monoisotopic (exact) mass is 243 g/mol. The van der Waals surface area contributed by atoms with E-state index >= 15 is 0 Å². The summed E-state index contributed by atoms with van der Waals surface area (Å²) in [4.78, 5) is 11.3. The lowest BCUT2D eigenvalue weighted by atomic mass is 10.1. The number of rotatable bonds is 5. The first kappa shape index (κ1) is 13.4. The van der Waals surface area contributed by atoms with Gasteiger partial charge in [0, 0.05) is 0 Å². The number of esters is 1. The standard InChI is InChI=1S/C12H21NO2S/c1-3-15-12(14)8-11(9-13)10-16(2)6-4-5-7-16/h11H,3-8,10H2,1-2H3. The van der Waals surface area contributed by atoms with Gasteiger partial charge in [0.05, 0.1) is 25.0 Å². The summed E-state index contributed by atoms with van der Waals surface area (Å²) >= 11 is 0. The van der Waals surface area contributed by atoms with Gasteiger partial charge in [-0.3, -0.25) is 4.79 Å². The highest BCUT2D eigenvalue weighted by molar-refractivity contribution is 8.33. The quantitative estimate of drug-likeness (QED) is 0.696. The molecule has 0 radical (unpaired) electrons. The average molecular weight is 243 g/mol. The zero-order valence-electron chi connectivity index (χ0n) is 10.2. The lowest BCUT2D eigenvalue weighted by Gasteiger charge is -2.32. The number of hydrogen-bond acceptors (Lipinski definition) is 3. The topological polar surface area (TPSA) is 50.1 Å². The molecule has 0 amide bonds. The van der Waals surface area contributed by atoms with E-state index in [9.17, 15) is 4.79 Å². The molecule has 1 fully saturated rings. The summed E-state index contributed by atoms with van der Waals surface area (Å²) < 4.78 is 4.89. The highest BCUT2D eigenvalue weighted by atomic mass is 32.3. The normalized spacial score (nSPS) is 22.1. The third kappa shape index (κ3) is 4.05. The van der Waals surface area contributed by atoms with E-state index in [0.717, 1.165) is 5.75 Å². The van der Waals surface area contributed by atoms with Crippen LogP contribution in [0.2, 0.25) is 0 Å². The maximum Gasteiger partial charge on any atom is 0.307 e. The van der Waals surface area contributed by atoms with E-state index in [1.165, 1.54) is 24.3 Å². The van der Waals surface area contributed by atoms with E-state index in [4.69, 9.17) is 10.00 Å². The zero-order valence-corrected chi connectivity index (χ0v) is 11.0. The van der Waals surface area contributed by atoms with E-state index in [2.05, 4.69) is 12.3 Å². The molecule has 1 heterocycles. The summed E-state index contributed by atoms with van der Waals surface area (Å²) in [5.74, 6) is 3.09. The van der Waals surface area contributed by atoms with E-state index in [-0.39, 0.29) is 18.3 Å². The summed E-state index contributed by atoms with van der Waals surface area (Å²) in [7, 11) is -0.606. The van der Waals surface area contributed by atoms with E-state index < -0.39 is 10.0 Å². The van der Waals surface area contributed by atoms with Crippen LogP contribution in [0.3, 0.4) is 0 Å². The maximum absolute atomic E-state index is 11.3. The Morgan fingerprint density at radius 1 is 1.50 bits per heavy atom. The molecule has 16 heavy (non-hydrogen) atoms. The summed E-state index contributed by atoms with van der Waals surface area (Å²) in [6, 6.07) is 2.26. The fraction of sp³-hybridized carbons (Fsp3) is 0.833. The predicted molar refractivity (Wildman–Crippen MR) is 67.7 cm³/mol. The summed E-state index contributed by atoms with van der Waals surface area (Å²) in [6.45, 7) is 2.20. The molecular weight excluding hydrogens is 222 g/mol. The minimum atomic E-state index is -0.606. The molecule has 1 aliphatic rings. The second-order valence-corrected chi connectivity index (χ2v) is 8.70. The van der Waals surface area contributed by atoms with Crippen molar-refractivity contribution in [3.05, 3.63) is 0 Å². The van der Waals surface area contributed by atoms with Gasteiger partial charge in [0.2, 0.25) is 0 Å². The van der Waals surface area contributed by atoms with Crippen molar-refractivity contribution >= 4 is 16.0 Å². The SMILES string of the molecule is CCOC(=O)CC(C#N)CS1(C)CCCC1. The molecule has 0 aliphatic carbocycles. The third-order valence-corrected chi connectivity index (χ3v) is 6.78. The van der Waals surface area contributed by atoms with Crippen molar-refractivity contribution in [3.63, 3.8) is 0 Å². The van der Waals surface area contributed by atoms with Gasteiger partial charge in [-0.2, -0.15) is 5.26 Å². The summed E-state index contributed by atoms with van der Waals surface area (Å²) in [5.41, 5.74) is 0. The van der Waals surface area contributed by atoms with Crippen LogP contribution in [0.25, 0.3) is 0 Å². The van der Waals surface area contributed by atoms with Crippen molar-refractivity contribution in [2.45, 2.75) is 26.2 Å². The Morgan fingerprint density at radius 3 is 2.62 bits per heavy atom. The first-order valence-corrected chi connectivity index (χ1v) is 8.41. The molecule has 4 heteroatoms. The van der Waals surface area contributed by atoms with E-state index in [1.807, 2.05) is 0 Å². The molecule has 3 nitrogen and oxygen atoms in total. The van der Waals surface area contributed by atoms with Gasteiger partial charge in [0.25, 0.3) is 0 Å². The van der Waals surface area contributed by atoms with Crippen LogP contribution in [0.15, 0.2) is 0 Å². The van der Waals surface area contributed by atoms with Crippen molar-refractivity contribution in [2.75, 3.05) is 30.1 Å². The molecule has 1 unspecified atom stereocenters. The van der Waals surface area contributed by atoms with Crippen LogP contribution in [0.5, 0.6) is 0 Å². The number of nitriles is 1. The third-order valence-electron chi connectivity index (χ3n) is 3.03. The van der Waals surface area contributed by atoms with Crippen LogP contribution >= 0.6 is 10.0 Å². The molecule has 1 aliphatic heterocycles. The van der Waals surface area contributed by atoms with E-state index in [1.54, 1.807) is 6.92 Å². The number of nitrogens with zero attached hydrogens (tertiary/aromatic N) is 1. The molecular formula is C12H21NO2S. The number of hydrogen-bond donors (Lipinski definition) is 0. The molecule has 0 saturated carbocycles. The van der Waals surface area contributed by atoms with Crippen molar-refractivity contribution in [1.29, 1.82) is 5.26 Å². The molecule has 0 aromatic heterocycles. The van der Waals surface area contributed by atoms with Crippen LogP contribution in [0, 0.1) is 17.2 Å². The van der Waals surface area contributed by atoms with Crippen LogP contribution in [0.4, 0.5) is 0 Å². The molecule has 0 aromatic carbocycles. The van der Waals surface area contributed by atoms with Crippen molar-refractivity contribution < 1.29 is 9.53 Å². The number of carbonyl (C=O) groups excluding carboxylic acids is 1. The van der Waals surface area contributed by atoms with Gasteiger partial charge in [-0.05, 0) is 43.3 Å². The van der Waals surface area contributed by atoms with Gasteiger partial charge in [-0.25, -0.2) is 10.0 Å². The predicted octanol–water partition coefficient (Wildman–Crippen LogP) is 2.31. The summed E-state index contributed by atoms with van der Waals surface area (Å²) in [6.07, 6.45) is 5.18. The Kier molecular flexibility index (Phi) is 5.14. The van der Waals surface area contributed by atoms with Gasteiger partial charge in [0.15, 0.2) is 0 Å². The van der Waals surface area contributed by atoms with Crippen LogP contribution in [-0.4, -0.2) is 36.1 Å². The largest absolute Gasteiger partial charge is 0.466 e. The lowest BCUT2D eigenvalue weighted by Crippen LogP contribution is -2.18. The second kappa shape index (κ2) is 6.15. The highest BCUT2D eigenvalue weighted by Gasteiger charge is 2.28. The van der Waals surface area contributed by atoms with E-state index in [0.29, 0.717) is 6.61 Å². The Morgan fingerprint density at radius 2 is 2.12 bits per heavy atom. The Bertz CT molecular complexity index is 279. The first-order valence-electron chi connectivity index (χ1n) is 5.86. The van der Waals surface area contributed by atoms with Crippen molar-refractivity contribution in [1.82, 2.24) is 0 Å². The smallest absolute Gasteiger partial charge is 0.307 e. The minimum absolute atomic E-state index is 0.142. The lowest BCUT2D eigenvalue weighted by molar-refractivity contribution is -0.143. The molecule has 92 valence electrons. The Balaban J connectivity index is 2.43. The van der Waals surface area contributed by atoms with Crippen LogP contribution in [-0.2, 0) is 9.53 Å². The Labute approximate surface area is 99.5 Å². The highest BCUT2D eigenvalue weighted by Crippen LogP contribution is 2.51. The summed E-state index contributed by atoms with van der Waals surface area (Å²) in [5, 5.41) is 9.07. The van der Waals surface area contributed by atoms with Crippen LogP contribution < -0.4 is 0 Å². The zero-order chi connectivity index (χ0) is 12.0. The minimum Gasteiger partial charge on any atom is -0.466 e. The van der Waals surface area contributed by atoms with Crippen molar-refractivity contribution in [2.24, 2.45) is 5.92 Å². The second-order valence-electron chi connectivity index (χ2n) is 4.60. The molecule has 0 N–H and O–H groups in total. The molecule has 1 saturated heterocycles. The molecule has 1 rings (SSSR count). The number of ether oxygens (including phenoxy) is 1. The molecule has 0 aromatic rings. The fourth-order valence-corrected chi connectivity index (χ4v) is 5.72. The van der Waals surface area contributed by atoms with Crippen molar-refractivity contribution in [3.8, 4) is 6.07 Å². The average Bonchev–Trinajstić information content (AvgIpc) is 2.64. The molecule has 0 spiro atoms. The Hall–Kier alpha value is -0.690. The molecule has 0 bridgehead atoms. The maximum atomic E-state index is 11.3. The van der Waals surface area contributed by atoms with Gasteiger partial charge in [-0.1, -0.05) is 0 Å². The number of carbonyl (C=O) groups is 1. The van der Waals surface area contributed by atoms with Gasteiger partial charge < -0.3 is 4.74 Å². The van der Waals surface area contributed by atoms with Crippen LogP contribution in [0.1, 0.15) is 26.2 Å². The van der Waals surface area contributed by atoms with Gasteiger partial charge >= 0.3 is 5.97 Å². The van der Waals surface area contributed by atoms with Gasteiger partial charge in [0.1, 0.15) is 0 Å². The first-order chi connectivity index (χ1) is 7.59. The molecule has 1 atom stereocenters. The van der Waals surface area contributed by atoms with Gasteiger partial charge in [-0.15, -0.1) is 0 Å².